The second kappa shape index (κ2) is 16.5. The minimum Gasteiger partial charge on any atom is -0.494 e. The fourth-order valence-corrected chi connectivity index (χ4v) is 5.98. The van der Waals surface area contributed by atoms with E-state index in [2.05, 4.69) is 58.5 Å². The summed E-state index contributed by atoms with van der Waals surface area (Å²) in [6.07, 6.45) is 4.32. The van der Waals surface area contributed by atoms with Gasteiger partial charge < -0.3 is 18.6 Å². The Morgan fingerprint density at radius 1 is 0.500 bits per heavy atom. The van der Waals surface area contributed by atoms with Crippen LogP contribution in [0.25, 0.3) is 11.1 Å². The number of nitrogens with one attached hydrogen (secondary N) is 2. The lowest BCUT2D eigenvalue weighted by Gasteiger charge is -2.19. The van der Waals surface area contributed by atoms with Crippen molar-refractivity contribution >= 4 is 11.1 Å². The molecule has 0 saturated carbocycles. The van der Waals surface area contributed by atoms with Crippen LogP contribution in [0.4, 0.5) is 0 Å². The smallest absolute Gasteiger partial charge is 0.328 e. The SMILES string of the molecule is Cc1cn(CCCOc2ccc(C(=C(c3ccccc3)c3ccccc3)c3ccc(OCCCn4cc(C)c(=O)[nH]c4=O)cc3)cc2)c(=O)[nH]c1=O. The molecule has 0 radical (unpaired) electrons. The zero-order valence-electron chi connectivity index (χ0n) is 29.1. The van der Waals surface area contributed by atoms with Gasteiger partial charge in [0.25, 0.3) is 11.1 Å². The Bertz CT molecular complexity index is 2220. The maximum absolute atomic E-state index is 12.1. The summed E-state index contributed by atoms with van der Waals surface area (Å²) in [6.45, 7) is 4.99. The highest BCUT2D eigenvalue weighted by Crippen LogP contribution is 2.37. The van der Waals surface area contributed by atoms with Crippen LogP contribution in [0.5, 0.6) is 11.5 Å². The normalized spacial score (nSPS) is 10.9. The summed E-state index contributed by atoms with van der Waals surface area (Å²) in [5.74, 6) is 1.41. The molecule has 0 fully saturated rings. The van der Waals surface area contributed by atoms with Crippen molar-refractivity contribution in [3.63, 3.8) is 0 Å². The van der Waals surface area contributed by atoms with E-state index in [4.69, 9.17) is 9.47 Å². The molecule has 0 unspecified atom stereocenters. The first-order chi connectivity index (χ1) is 25.3. The topological polar surface area (TPSA) is 128 Å². The first kappa shape index (κ1) is 35.4. The van der Waals surface area contributed by atoms with Gasteiger partial charge in [0.05, 0.1) is 13.2 Å². The van der Waals surface area contributed by atoms with Gasteiger partial charge in [-0.05, 0) is 84.4 Å². The molecule has 0 saturated heterocycles. The molecule has 0 atom stereocenters. The van der Waals surface area contributed by atoms with E-state index in [0.717, 1.165) is 33.4 Å². The van der Waals surface area contributed by atoms with Crippen LogP contribution in [0.15, 0.2) is 141 Å². The predicted octanol–water partition coefficient (Wildman–Crippen LogP) is 5.95. The molecule has 0 spiro atoms. The summed E-state index contributed by atoms with van der Waals surface area (Å²) in [7, 11) is 0. The van der Waals surface area contributed by atoms with E-state index in [1.165, 1.54) is 9.13 Å². The average Bonchev–Trinajstić information content (AvgIpc) is 3.16. The molecular weight excluding hydrogens is 656 g/mol. The molecule has 0 aliphatic rings. The summed E-state index contributed by atoms with van der Waals surface area (Å²) in [4.78, 5) is 52.3. The number of aryl methyl sites for hydroxylation is 4. The van der Waals surface area contributed by atoms with Crippen molar-refractivity contribution in [2.45, 2.75) is 39.8 Å². The van der Waals surface area contributed by atoms with Gasteiger partial charge in [0.15, 0.2) is 0 Å². The van der Waals surface area contributed by atoms with Crippen molar-refractivity contribution in [2.75, 3.05) is 13.2 Å². The molecule has 10 heteroatoms. The summed E-state index contributed by atoms with van der Waals surface area (Å²) >= 11 is 0. The van der Waals surface area contributed by atoms with Gasteiger partial charge in [-0.3, -0.25) is 19.6 Å². The predicted molar refractivity (Wildman–Crippen MR) is 203 cm³/mol. The summed E-state index contributed by atoms with van der Waals surface area (Å²) < 4.78 is 15.1. The van der Waals surface area contributed by atoms with Crippen LogP contribution < -0.4 is 32.0 Å². The molecular formula is C42H40N4O6. The molecule has 2 heterocycles. The maximum Gasteiger partial charge on any atom is 0.328 e. The summed E-state index contributed by atoms with van der Waals surface area (Å²) in [5.41, 5.74) is 5.64. The lowest BCUT2D eigenvalue weighted by molar-refractivity contribution is 0.300. The number of aromatic nitrogens is 4. The van der Waals surface area contributed by atoms with Crippen LogP contribution in [0.2, 0.25) is 0 Å². The summed E-state index contributed by atoms with van der Waals surface area (Å²) in [5, 5.41) is 0. The number of rotatable bonds is 14. The first-order valence-corrected chi connectivity index (χ1v) is 17.2. The van der Waals surface area contributed by atoms with Crippen molar-refractivity contribution in [3.8, 4) is 11.5 Å². The highest BCUT2D eigenvalue weighted by Gasteiger charge is 2.17. The van der Waals surface area contributed by atoms with Crippen molar-refractivity contribution < 1.29 is 9.47 Å². The Balaban J connectivity index is 1.23. The van der Waals surface area contributed by atoms with E-state index in [0.29, 0.717) is 61.8 Å². The fourth-order valence-electron chi connectivity index (χ4n) is 5.98. The molecule has 10 nitrogen and oxygen atoms in total. The fraction of sp³-hybridized carbons (Fsp3) is 0.190. The molecule has 52 heavy (non-hydrogen) atoms. The molecule has 4 aromatic carbocycles. The third-order valence-electron chi connectivity index (χ3n) is 8.66. The number of benzene rings is 4. The average molecular weight is 697 g/mol. The lowest BCUT2D eigenvalue weighted by atomic mass is 9.86. The van der Waals surface area contributed by atoms with E-state index in [-0.39, 0.29) is 11.1 Å². The van der Waals surface area contributed by atoms with Gasteiger partial charge in [0.1, 0.15) is 11.5 Å². The van der Waals surface area contributed by atoms with Crippen LogP contribution in [0.3, 0.4) is 0 Å². The number of hydrogen-bond donors (Lipinski definition) is 2. The molecule has 2 N–H and O–H groups in total. The quantitative estimate of drug-likeness (QED) is 0.107. The molecule has 0 amide bonds. The highest BCUT2D eigenvalue weighted by molar-refractivity contribution is 6.04. The van der Waals surface area contributed by atoms with Gasteiger partial charge >= 0.3 is 11.4 Å². The summed E-state index contributed by atoms with van der Waals surface area (Å²) in [6, 6.07) is 36.6. The minimum atomic E-state index is -0.429. The van der Waals surface area contributed by atoms with Gasteiger partial charge in [0.2, 0.25) is 0 Å². The Labute approximate surface area is 300 Å². The lowest BCUT2D eigenvalue weighted by Crippen LogP contribution is -2.31. The van der Waals surface area contributed by atoms with Gasteiger partial charge in [-0.1, -0.05) is 84.9 Å². The van der Waals surface area contributed by atoms with Gasteiger partial charge in [-0.25, -0.2) is 9.59 Å². The van der Waals surface area contributed by atoms with Crippen molar-refractivity contribution in [1.29, 1.82) is 0 Å². The zero-order valence-corrected chi connectivity index (χ0v) is 29.1. The second-order valence-corrected chi connectivity index (χ2v) is 12.5. The van der Waals surface area contributed by atoms with Crippen molar-refractivity contribution in [1.82, 2.24) is 19.1 Å². The van der Waals surface area contributed by atoms with Crippen LogP contribution in [-0.4, -0.2) is 32.3 Å². The van der Waals surface area contributed by atoms with Crippen LogP contribution >= 0.6 is 0 Å². The molecule has 6 rings (SSSR count). The molecule has 0 aliphatic carbocycles. The minimum absolute atomic E-state index is 0.372. The molecule has 0 aliphatic heterocycles. The molecule has 6 aromatic rings. The number of aromatic amines is 2. The number of hydrogen-bond acceptors (Lipinski definition) is 6. The number of nitrogens with zero attached hydrogens (tertiary/aromatic N) is 2. The van der Waals surface area contributed by atoms with Crippen molar-refractivity contribution in [3.05, 3.63) is 197 Å². The standard InChI is InChI=1S/C42H40N4O6/c1-29-27-45(41(49)43-39(29)47)23-9-25-51-35-19-15-33(16-20-35)38(37(31-11-5-3-6-12-31)32-13-7-4-8-14-32)34-17-21-36(22-18-34)52-26-10-24-46-28-30(2)40(48)44-42(46)50/h3-8,11-22,27-28H,9-10,23-26H2,1-2H3,(H,43,47,49)(H,44,48,50). The Hall–Kier alpha value is -6.42. The zero-order chi connectivity index (χ0) is 36.5. The van der Waals surface area contributed by atoms with Crippen LogP contribution in [0.1, 0.15) is 46.2 Å². The Morgan fingerprint density at radius 3 is 1.21 bits per heavy atom. The number of ether oxygens (including phenoxy) is 2. The largest absolute Gasteiger partial charge is 0.494 e. The van der Waals surface area contributed by atoms with E-state index in [9.17, 15) is 19.2 Å². The van der Waals surface area contributed by atoms with Crippen molar-refractivity contribution in [2.24, 2.45) is 0 Å². The van der Waals surface area contributed by atoms with E-state index in [1.807, 2.05) is 60.7 Å². The third-order valence-corrected chi connectivity index (χ3v) is 8.66. The van der Waals surface area contributed by atoms with Crippen LogP contribution in [-0.2, 0) is 13.1 Å². The highest BCUT2D eigenvalue weighted by atomic mass is 16.5. The van der Waals surface area contributed by atoms with Crippen LogP contribution in [0, 0.1) is 13.8 Å². The Morgan fingerprint density at radius 2 is 0.846 bits per heavy atom. The second-order valence-electron chi connectivity index (χ2n) is 12.5. The number of H-pyrrole nitrogens is 2. The van der Waals surface area contributed by atoms with Gasteiger partial charge in [-0.15, -0.1) is 0 Å². The molecule has 2 aromatic heterocycles. The Kier molecular flexibility index (Phi) is 11.3. The third kappa shape index (κ3) is 8.65. The monoisotopic (exact) mass is 696 g/mol. The van der Waals surface area contributed by atoms with Gasteiger partial charge in [0, 0.05) is 36.6 Å². The van der Waals surface area contributed by atoms with E-state index < -0.39 is 11.4 Å². The molecule has 0 bridgehead atoms. The first-order valence-electron chi connectivity index (χ1n) is 17.2. The van der Waals surface area contributed by atoms with E-state index in [1.54, 1.807) is 26.2 Å². The van der Waals surface area contributed by atoms with Gasteiger partial charge in [-0.2, -0.15) is 0 Å². The maximum atomic E-state index is 12.1. The van der Waals surface area contributed by atoms with E-state index >= 15 is 0 Å². The molecule has 264 valence electrons.